The highest BCUT2D eigenvalue weighted by molar-refractivity contribution is 6.35. The molecule has 3 fully saturated rings. The van der Waals surface area contributed by atoms with Crippen LogP contribution in [0.4, 0.5) is 0 Å². The van der Waals surface area contributed by atoms with Gasteiger partial charge in [0.25, 0.3) is 0 Å². The summed E-state index contributed by atoms with van der Waals surface area (Å²) in [7, 11) is 0. The van der Waals surface area contributed by atoms with Crippen LogP contribution in [0.3, 0.4) is 0 Å². The van der Waals surface area contributed by atoms with Crippen LogP contribution in [0.15, 0.2) is 18.5 Å². The summed E-state index contributed by atoms with van der Waals surface area (Å²) in [6, 6.07) is 1.98. The topological polar surface area (TPSA) is 54.5 Å². The number of piperidine rings is 3. The Hall–Kier alpha value is -1.33. The molecule has 0 aliphatic carbocycles. The molecule has 2 bridgehead atoms. The second-order valence-electron chi connectivity index (χ2n) is 6.18. The fourth-order valence-corrected chi connectivity index (χ4v) is 3.94. The lowest BCUT2D eigenvalue weighted by molar-refractivity contribution is -0.126. The number of carbonyl (C=O) groups excluding carboxylic acids is 1. The number of rotatable bonds is 2. The van der Waals surface area contributed by atoms with E-state index in [0.29, 0.717) is 11.7 Å². The van der Waals surface area contributed by atoms with Crippen LogP contribution in [0.1, 0.15) is 18.4 Å². The number of alkyl halides is 1. The molecule has 1 N–H and O–H groups in total. The van der Waals surface area contributed by atoms with Crippen molar-refractivity contribution in [1.82, 2.24) is 15.2 Å². The largest absolute Gasteiger partial charge is 0.489 e. The third-order valence-corrected chi connectivity index (χ3v) is 5.45. The monoisotopic (exact) mass is 307 g/mol. The van der Waals surface area contributed by atoms with Gasteiger partial charge in [-0.3, -0.25) is 9.78 Å². The zero-order valence-electron chi connectivity index (χ0n) is 11.7. The van der Waals surface area contributed by atoms with Gasteiger partial charge < -0.3 is 15.0 Å². The fourth-order valence-electron chi connectivity index (χ4n) is 3.68. The van der Waals surface area contributed by atoms with Gasteiger partial charge >= 0.3 is 0 Å². The molecule has 112 valence electrons. The average molecular weight is 308 g/mol. The van der Waals surface area contributed by atoms with E-state index < -0.39 is 4.87 Å². The molecule has 1 amide bonds. The van der Waals surface area contributed by atoms with Crippen LogP contribution in [0.2, 0.25) is 0 Å². The first kappa shape index (κ1) is 13.3. The van der Waals surface area contributed by atoms with E-state index in [1.54, 1.807) is 18.5 Å². The number of hydrogen-bond donors (Lipinski definition) is 1. The molecule has 3 saturated heterocycles. The molecule has 5 nitrogen and oxygen atoms in total. The van der Waals surface area contributed by atoms with Crippen LogP contribution in [0.25, 0.3) is 0 Å². The van der Waals surface area contributed by atoms with Gasteiger partial charge in [0.15, 0.2) is 4.87 Å². The van der Waals surface area contributed by atoms with Crippen LogP contribution in [-0.4, -0.2) is 48.1 Å². The number of fused-ring (bicyclic) bond motifs is 4. The highest BCUT2D eigenvalue weighted by Crippen LogP contribution is 2.42. The number of aromatic nitrogens is 1. The van der Waals surface area contributed by atoms with Crippen molar-refractivity contribution < 1.29 is 9.53 Å². The summed E-state index contributed by atoms with van der Waals surface area (Å²) < 4.78 is 5.52. The van der Waals surface area contributed by atoms with E-state index in [1.165, 1.54) is 0 Å². The Morgan fingerprint density at radius 2 is 2.29 bits per heavy atom. The Morgan fingerprint density at radius 3 is 3.00 bits per heavy atom. The predicted molar refractivity (Wildman–Crippen MR) is 78.4 cm³/mol. The van der Waals surface area contributed by atoms with Gasteiger partial charge in [-0.05, 0) is 37.9 Å². The molecule has 0 saturated carbocycles. The first-order valence-corrected chi connectivity index (χ1v) is 7.84. The van der Waals surface area contributed by atoms with Gasteiger partial charge in [-0.25, -0.2) is 0 Å². The minimum absolute atomic E-state index is 0.145. The number of pyridine rings is 1. The maximum Gasteiger partial charge on any atom is 0.249 e. The van der Waals surface area contributed by atoms with Crippen LogP contribution in [-0.2, 0) is 9.67 Å². The van der Waals surface area contributed by atoms with Crippen molar-refractivity contribution in [2.24, 2.45) is 5.92 Å². The molecule has 5 rings (SSSR count). The number of hydrogen-bond acceptors (Lipinski definition) is 4. The second kappa shape index (κ2) is 4.85. The summed E-state index contributed by atoms with van der Waals surface area (Å²) in [5, 5.41) is 3.16. The molecule has 21 heavy (non-hydrogen) atoms. The van der Waals surface area contributed by atoms with Gasteiger partial charge in [0, 0.05) is 24.3 Å². The van der Waals surface area contributed by atoms with E-state index in [2.05, 4.69) is 15.2 Å². The number of carbonyl (C=O) groups is 1. The maximum atomic E-state index is 12.7. The smallest absolute Gasteiger partial charge is 0.249 e. The molecule has 1 aromatic heterocycles. The number of halogens is 1. The Balaban J connectivity index is 1.53. The van der Waals surface area contributed by atoms with E-state index in [0.717, 1.165) is 38.0 Å². The van der Waals surface area contributed by atoms with Crippen molar-refractivity contribution in [3.05, 3.63) is 24.0 Å². The average Bonchev–Trinajstić information content (AvgIpc) is 2.88. The first-order chi connectivity index (χ1) is 10.2. The van der Waals surface area contributed by atoms with Crippen molar-refractivity contribution in [3.63, 3.8) is 0 Å². The van der Waals surface area contributed by atoms with Gasteiger partial charge in [0.1, 0.15) is 12.4 Å². The molecule has 1 unspecified atom stereocenters. The molecule has 4 aliphatic heterocycles. The van der Waals surface area contributed by atoms with Crippen molar-refractivity contribution >= 4 is 17.5 Å². The number of nitrogens with one attached hydrogen (secondary N) is 1. The molecule has 1 aromatic rings. The molecule has 5 heterocycles. The molecular formula is C15H18ClN3O2. The van der Waals surface area contributed by atoms with Crippen molar-refractivity contribution in [3.8, 4) is 5.75 Å². The quantitative estimate of drug-likeness (QED) is 0.832. The second-order valence-corrected chi connectivity index (χ2v) is 6.82. The lowest BCUT2D eigenvalue weighted by Crippen LogP contribution is -2.59. The third kappa shape index (κ3) is 2.10. The lowest BCUT2D eigenvalue weighted by Gasteiger charge is -2.45. The Bertz CT molecular complexity index is 574. The maximum absolute atomic E-state index is 12.7. The minimum atomic E-state index is -1.12. The van der Waals surface area contributed by atoms with E-state index >= 15 is 0 Å². The highest BCUT2D eigenvalue weighted by Gasteiger charge is 2.47. The highest BCUT2D eigenvalue weighted by atomic mass is 35.5. The summed E-state index contributed by atoms with van der Waals surface area (Å²) in [5.41, 5.74) is 0.720. The zero-order chi connectivity index (χ0) is 14.4. The van der Waals surface area contributed by atoms with Crippen LogP contribution < -0.4 is 10.1 Å². The normalized spacial score (nSPS) is 36.9. The molecule has 0 spiro atoms. The Morgan fingerprint density at radius 1 is 1.48 bits per heavy atom. The summed E-state index contributed by atoms with van der Waals surface area (Å²) in [6.45, 7) is 3.41. The summed E-state index contributed by atoms with van der Waals surface area (Å²) in [4.78, 5) is 18.0. The van der Waals surface area contributed by atoms with Crippen LogP contribution >= 0.6 is 11.6 Å². The van der Waals surface area contributed by atoms with Crippen molar-refractivity contribution in [2.75, 3.05) is 26.2 Å². The Kier molecular flexibility index (Phi) is 3.08. The van der Waals surface area contributed by atoms with Crippen molar-refractivity contribution in [1.29, 1.82) is 0 Å². The van der Waals surface area contributed by atoms with E-state index in [4.69, 9.17) is 16.3 Å². The third-order valence-electron chi connectivity index (χ3n) is 4.97. The molecule has 6 heteroatoms. The van der Waals surface area contributed by atoms with Crippen molar-refractivity contribution in [2.45, 2.75) is 23.8 Å². The molecule has 4 aliphatic rings. The fraction of sp³-hybridized carbons (Fsp3) is 0.600. The summed E-state index contributed by atoms with van der Waals surface area (Å²) >= 11 is 6.59. The number of amides is 1. The van der Waals surface area contributed by atoms with Gasteiger partial charge in [-0.2, -0.15) is 0 Å². The van der Waals surface area contributed by atoms with Crippen LogP contribution in [0.5, 0.6) is 5.75 Å². The number of nitrogens with zero attached hydrogens (tertiary/aromatic N) is 2. The molecule has 2 atom stereocenters. The molecular weight excluding hydrogens is 290 g/mol. The zero-order valence-corrected chi connectivity index (χ0v) is 12.5. The van der Waals surface area contributed by atoms with E-state index in [9.17, 15) is 4.79 Å². The number of ether oxygens (including phenoxy) is 1. The van der Waals surface area contributed by atoms with Gasteiger partial charge in [0.05, 0.1) is 6.20 Å². The van der Waals surface area contributed by atoms with Gasteiger partial charge in [0.2, 0.25) is 5.91 Å². The SMILES string of the molecule is O=C(N[C@H]1CN2CCC1CC2)C1(Cl)COc2cnccc21. The van der Waals surface area contributed by atoms with Crippen LogP contribution in [0, 0.1) is 5.92 Å². The predicted octanol–water partition coefficient (Wildman–Crippen LogP) is 1.12. The summed E-state index contributed by atoms with van der Waals surface area (Å²) in [6.07, 6.45) is 5.59. The minimum Gasteiger partial charge on any atom is -0.489 e. The van der Waals surface area contributed by atoms with E-state index in [1.807, 2.05) is 0 Å². The first-order valence-electron chi connectivity index (χ1n) is 7.46. The summed E-state index contributed by atoms with van der Waals surface area (Å²) in [5.74, 6) is 1.04. The standard InChI is InChI=1S/C15H18ClN3O2/c16-15(9-21-13-7-17-4-1-11(13)15)14(20)18-12-8-19-5-2-10(12)3-6-19/h1,4,7,10,12H,2-3,5-6,8-9H2,(H,18,20)/t12-,15?/m0/s1. The van der Waals surface area contributed by atoms with E-state index in [-0.39, 0.29) is 18.6 Å². The lowest BCUT2D eigenvalue weighted by atomic mass is 9.83. The molecule has 0 aromatic carbocycles. The van der Waals surface area contributed by atoms with Gasteiger partial charge in [-0.15, -0.1) is 0 Å². The molecule has 0 radical (unpaired) electrons. The van der Waals surface area contributed by atoms with Gasteiger partial charge in [-0.1, -0.05) is 11.6 Å². The Labute approximate surface area is 128 Å².